The van der Waals surface area contributed by atoms with Gasteiger partial charge in [-0.2, -0.15) is 4.98 Å². The minimum Gasteiger partial charge on any atom is -0.508 e. The van der Waals surface area contributed by atoms with Crippen molar-refractivity contribution >= 4 is 71.9 Å². The van der Waals surface area contributed by atoms with Gasteiger partial charge in [-0.25, -0.2) is 4.98 Å². The Balaban J connectivity index is 0.000000194. The molecule has 268 valence electrons. The zero-order valence-electron chi connectivity index (χ0n) is 27.9. The van der Waals surface area contributed by atoms with Crippen molar-refractivity contribution in [3.05, 3.63) is 86.8 Å². The van der Waals surface area contributed by atoms with Gasteiger partial charge in [0.1, 0.15) is 21.8 Å². The molecule has 0 bridgehead atoms. The fourth-order valence-corrected chi connectivity index (χ4v) is 5.87. The maximum Gasteiger partial charge on any atom is 0.492 e. The Labute approximate surface area is 309 Å². The average molecular weight is 762 g/mol. The molecule has 0 fully saturated rings. The highest BCUT2D eigenvalue weighted by Crippen LogP contribution is 2.34. The molecule has 0 radical (unpaired) electrons. The molecule has 0 saturated heterocycles. The van der Waals surface area contributed by atoms with Crippen LogP contribution in [0, 0.1) is 13.8 Å². The molecule has 0 spiro atoms. The summed E-state index contributed by atoms with van der Waals surface area (Å²) in [5.74, 6) is 0.0396. The molecule has 0 aliphatic carbocycles. The summed E-state index contributed by atoms with van der Waals surface area (Å²) in [5.41, 5.74) is 4.21. The number of fused-ring (bicyclic) bond motifs is 2. The summed E-state index contributed by atoms with van der Waals surface area (Å²) in [4.78, 5) is 38.4. The molecule has 14 nitrogen and oxygen atoms in total. The van der Waals surface area contributed by atoms with Crippen LogP contribution >= 0.6 is 34.8 Å². The lowest BCUT2D eigenvalue weighted by Crippen LogP contribution is -2.28. The standard InChI is InChI=1S/C16H16BClN2O5.C12H15BO5.C4H2Cl2N2/c1-3-23-15(21)6-12-16-9(2)4-10(5-11(16)17(22)25-12)24-14-8-19-7-13(18)20-14;1-3-17-11(15)6-10-12-7(2)4-8(14)5-9(12)13(16)18-10;5-3-1-7-2-4(6)8-3/h4-5,7-8,12,22H,3,6H2,1-2H3;4-5,10,14,16H,3,6H2,1-2H3;1-2H. The number of aromatic nitrogens is 4. The molecule has 2 atom stereocenters. The van der Waals surface area contributed by atoms with Gasteiger partial charge in [0, 0.05) is 0 Å². The van der Waals surface area contributed by atoms with Crippen LogP contribution in [0.4, 0.5) is 0 Å². The summed E-state index contributed by atoms with van der Waals surface area (Å²) >= 11 is 16.6. The van der Waals surface area contributed by atoms with Crippen LogP contribution in [0.3, 0.4) is 0 Å². The van der Waals surface area contributed by atoms with Gasteiger partial charge in [0.15, 0.2) is 5.15 Å². The second kappa shape index (κ2) is 18.5. The van der Waals surface area contributed by atoms with E-state index in [1.807, 2.05) is 6.92 Å². The minimum atomic E-state index is -1.14. The number of halogens is 3. The number of hydrogen-bond acceptors (Lipinski definition) is 14. The van der Waals surface area contributed by atoms with Gasteiger partial charge in [0.2, 0.25) is 5.88 Å². The van der Waals surface area contributed by atoms with E-state index >= 15 is 0 Å². The Kier molecular flexibility index (Phi) is 14.4. The van der Waals surface area contributed by atoms with E-state index in [0.717, 1.165) is 22.3 Å². The predicted molar refractivity (Wildman–Crippen MR) is 189 cm³/mol. The summed E-state index contributed by atoms with van der Waals surface area (Å²) in [7, 11) is -2.24. The van der Waals surface area contributed by atoms with Gasteiger partial charge in [-0.15, -0.1) is 0 Å². The third kappa shape index (κ3) is 11.0. The van der Waals surface area contributed by atoms with Gasteiger partial charge < -0.3 is 38.7 Å². The molecule has 6 rings (SSSR count). The first-order chi connectivity index (χ1) is 24.3. The zero-order valence-corrected chi connectivity index (χ0v) is 30.1. The number of aryl methyl sites for hydroxylation is 2. The van der Waals surface area contributed by atoms with E-state index in [4.69, 9.17) is 58.3 Å². The largest absolute Gasteiger partial charge is 0.508 e. The topological polar surface area (TPSA) is 193 Å². The molecule has 51 heavy (non-hydrogen) atoms. The van der Waals surface area contributed by atoms with Crippen molar-refractivity contribution in [2.24, 2.45) is 0 Å². The lowest BCUT2D eigenvalue weighted by atomic mass is 9.77. The summed E-state index contributed by atoms with van der Waals surface area (Å²) in [6.45, 7) is 7.75. The van der Waals surface area contributed by atoms with Gasteiger partial charge in [-0.1, -0.05) is 34.8 Å². The van der Waals surface area contributed by atoms with Crippen LogP contribution in [0.1, 0.15) is 61.2 Å². The Bertz CT molecular complexity index is 1840. The number of hydrogen-bond donors (Lipinski definition) is 3. The van der Waals surface area contributed by atoms with Gasteiger partial charge >= 0.3 is 26.2 Å². The Morgan fingerprint density at radius 3 is 1.69 bits per heavy atom. The first-order valence-corrected chi connectivity index (χ1v) is 16.7. The lowest BCUT2D eigenvalue weighted by Gasteiger charge is -2.14. The van der Waals surface area contributed by atoms with Gasteiger partial charge in [-0.05, 0) is 85.1 Å². The van der Waals surface area contributed by atoms with Crippen molar-refractivity contribution in [2.45, 2.75) is 52.7 Å². The SMILES string of the molecule is CCOC(=O)CC1OB(O)c2cc(O)cc(C)c21.CCOC(=O)CC1OB(O)c2cc(Oc3cncc(Cl)n3)cc(C)c21.Clc1cncc(Cl)n1. The molecule has 3 N–H and O–H groups in total. The summed E-state index contributed by atoms with van der Waals surface area (Å²) in [5, 5.41) is 30.3. The van der Waals surface area contributed by atoms with Crippen LogP contribution in [-0.2, 0) is 28.4 Å². The van der Waals surface area contributed by atoms with Crippen LogP contribution in [0.15, 0.2) is 49.1 Å². The molecule has 2 aliphatic rings. The second-order valence-electron chi connectivity index (χ2n) is 10.9. The van der Waals surface area contributed by atoms with E-state index in [9.17, 15) is 24.7 Å². The van der Waals surface area contributed by atoms with Gasteiger partial charge in [0.25, 0.3) is 0 Å². The number of nitrogens with zero attached hydrogens (tertiary/aromatic N) is 4. The van der Waals surface area contributed by atoms with Gasteiger partial charge in [0.05, 0.1) is 63.1 Å². The smallest absolute Gasteiger partial charge is 0.492 e. The van der Waals surface area contributed by atoms with Crippen molar-refractivity contribution in [3.63, 3.8) is 0 Å². The highest BCUT2D eigenvalue weighted by atomic mass is 35.5. The molecule has 0 saturated carbocycles. The number of phenolic OH excluding ortho intramolecular Hbond substituents is 1. The van der Waals surface area contributed by atoms with Crippen molar-refractivity contribution in [3.8, 4) is 17.4 Å². The molecule has 2 aliphatic heterocycles. The fraction of sp³-hybridized carbons (Fsp3) is 0.312. The number of carbonyl (C=O) groups is 2. The number of carbonyl (C=O) groups excluding carboxylic acids is 2. The Hall–Kier alpha value is -4.02. The third-order valence-electron chi connectivity index (χ3n) is 7.25. The molecule has 19 heteroatoms. The number of phenols is 1. The summed E-state index contributed by atoms with van der Waals surface area (Å²) in [6.07, 6.45) is 4.72. The number of ether oxygens (including phenoxy) is 3. The van der Waals surface area contributed by atoms with E-state index in [1.165, 1.54) is 30.9 Å². The minimum absolute atomic E-state index is 0.0404. The lowest BCUT2D eigenvalue weighted by molar-refractivity contribution is -0.146. The van der Waals surface area contributed by atoms with E-state index in [0.29, 0.717) is 40.2 Å². The quantitative estimate of drug-likeness (QED) is 0.171. The van der Waals surface area contributed by atoms with E-state index in [-0.39, 0.29) is 41.6 Å². The molecule has 4 heterocycles. The van der Waals surface area contributed by atoms with Crippen LogP contribution in [-0.4, -0.2) is 74.5 Å². The van der Waals surface area contributed by atoms with Crippen LogP contribution in [0.5, 0.6) is 17.4 Å². The summed E-state index contributed by atoms with van der Waals surface area (Å²) < 4.78 is 26.3. The Morgan fingerprint density at radius 1 is 0.745 bits per heavy atom. The first kappa shape index (κ1) is 39.8. The van der Waals surface area contributed by atoms with Crippen molar-refractivity contribution in [2.75, 3.05) is 13.2 Å². The van der Waals surface area contributed by atoms with Crippen LogP contribution in [0.25, 0.3) is 0 Å². The van der Waals surface area contributed by atoms with Crippen LogP contribution < -0.4 is 15.7 Å². The average Bonchev–Trinajstić information content (AvgIpc) is 3.52. The van der Waals surface area contributed by atoms with Crippen molar-refractivity contribution in [1.29, 1.82) is 0 Å². The second-order valence-corrected chi connectivity index (χ2v) is 12.1. The van der Waals surface area contributed by atoms with E-state index in [1.54, 1.807) is 39.0 Å². The summed E-state index contributed by atoms with van der Waals surface area (Å²) in [6, 6.07) is 6.47. The number of aromatic hydroxyl groups is 1. The highest BCUT2D eigenvalue weighted by Gasteiger charge is 2.39. The van der Waals surface area contributed by atoms with E-state index < -0.39 is 26.4 Å². The molecule has 2 aromatic carbocycles. The molecule has 0 amide bonds. The van der Waals surface area contributed by atoms with Crippen LogP contribution in [0.2, 0.25) is 15.5 Å². The van der Waals surface area contributed by atoms with Gasteiger partial charge in [-0.3, -0.25) is 19.6 Å². The number of rotatable bonds is 8. The van der Waals surface area contributed by atoms with Crippen molar-refractivity contribution in [1.82, 2.24) is 19.9 Å². The fourth-order valence-electron chi connectivity index (χ4n) is 5.40. The molecule has 2 aromatic heterocycles. The Morgan fingerprint density at radius 2 is 1.22 bits per heavy atom. The predicted octanol–water partition coefficient (Wildman–Crippen LogP) is 4.14. The normalized spacial score (nSPS) is 15.5. The molecule has 2 unspecified atom stereocenters. The molecule has 4 aromatic rings. The first-order valence-electron chi connectivity index (χ1n) is 15.5. The maximum atomic E-state index is 11.7. The molecular weight excluding hydrogens is 728 g/mol. The van der Waals surface area contributed by atoms with Crippen molar-refractivity contribution < 1.29 is 48.3 Å². The monoisotopic (exact) mass is 760 g/mol. The molecular formula is C32H33B2Cl3N4O10. The number of benzene rings is 2. The third-order valence-corrected chi connectivity index (χ3v) is 7.80. The maximum absolute atomic E-state index is 11.7. The zero-order chi connectivity index (χ0) is 37.2. The van der Waals surface area contributed by atoms with E-state index in [2.05, 4.69) is 19.9 Å². The number of esters is 2. The highest BCUT2D eigenvalue weighted by molar-refractivity contribution is 6.62.